The van der Waals surface area contributed by atoms with Crippen molar-refractivity contribution in [3.63, 3.8) is 0 Å². The van der Waals surface area contributed by atoms with E-state index in [0.29, 0.717) is 6.73 Å². The number of nitrogens with two attached hydrogens (primary N) is 1. The molecular formula is C8H16N2O2. The van der Waals surface area contributed by atoms with Crippen molar-refractivity contribution in [2.24, 2.45) is 5.73 Å². The van der Waals surface area contributed by atoms with E-state index < -0.39 is 0 Å². The monoisotopic (exact) mass is 172 g/mol. The van der Waals surface area contributed by atoms with Crippen molar-refractivity contribution in [1.82, 2.24) is 4.90 Å². The first kappa shape index (κ1) is 9.48. The Bertz CT molecular complexity index is 159. The molecule has 0 aromatic carbocycles. The van der Waals surface area contributed by atoms with E-state index in [1.807, 2.05) is 4.90 Å². The summed E-state index contributed by atoms with van der Waals surface area (Å²) in [6.45, 7) is 1.43. The molecular weight excluding hydrogens is 156 g/mol. The topological polar surface area (TPSA) is 55.6 Å². The number of primary amides is 1. The number of methoxy groups -OCH3 is 1. The molecule has 1 amide bonds. The Morgan fingerprint density at radius 1 is 1.67 bits per heavy atom. The van der Waals surface area contributed by atoms with E-state index in [-0.39, 0.29) is 11.9 Å². The fourth-order valence-corrected chi connectivity index (χ4v) is 1.63. The van der Waals surface area contributed by atoms with Gasteiger partial charge in [0, 0.05) is 13.7 Å². The van der Waals surface area contributed by atoms with Gasteiger partial charge in [0.2, 0.25) is 5.91 Å². The van der Waals surface area contributed by atoms with Crippen molar-refractivity contribution < 1.29 is 9.53 Å². The highest BCUT2D eigenvalue weighted by molar-refractivity contribution is 5.79. The number of nitrogens with zero attached hydrogens (tertiary/aromatic N) is 1. The standard InChI is InChI=1S/C8H16N2O2/c1-12-6-10-5-3-2-4-7(10)8(9)11/h7H,2-6H2,1H3,(H2,9,11). The van der Waals surface area contributed by atoms with E-state index in [2.05, 4.69) is 0 Å². The Hall–Kier alpha value is -0.610. The summed E-state index contributed by atoms with van der Waals surface area (Å²) in [6.07, 6.45) is 3.10. The van der Waals surface area contributed by atoms with Crippen LogP contribution in [0.5, 0.6) is 0 Å². The van der Waals surface area contributed by atoms with E-state index in [4.69, 9.17) is 10.5 Å². The largest absolute Gasteiger partial charge is 0.369 e. The molecule has 0 saturated carbocycles. The van der Waals surface area contributed by atoms with Crippen LogP contribution in [0.4, 0.5) is 0 Å². The van der Waals surface area contributed by atoms with Crippen LogP contribution in [0.15, 0.2) is 0 Å². The lowest BCUT2D eigenvalue weighted by atomic mass is 10.0. The summed E-state index contributed by atoms with van der Waals surface area (Å²) in [7, 11) is 1.63. The minimum atomic E-state index is -0.230. The number of ether oxygens (including phenoxy) is 1. The summed E-state index contributed by atoms with van der Waals surface area (Å²) in [6, 6.07) is -0.112. The van der Waals surface area contributed by atoms with Crippen LogP contribution in [0.2, 0.25) is 0 Å². The van der Waals surface area contributed by atoms with Gasteiger partial charge in [-0.2, -0.15) is 0 Å². The van der Waals surface area contributed by atoms with Crippen molar-refractivity contribution >= 4 is 5.91 Å². The molecule has 0 bridgehead atoms. The van der Waals surface area contributed by atoms with Crippen molar-refractivity contribution in [3.8, 4) is 0 Å². The van der Waals surface area contributed by atoms with Gasteiger partial charge in [0.25, 0.3) is 0 Å². The van der Waals surface area contributed by atoms with Gasteiger partial charge in [-0.3, -0.25) is 9.69 Å². The molecule has 1 aliphatic heterocycles. The Morgan fingerprint density at radius 3 is 3.00 bits per heavy atom. The molecule has 4 nitrogen and oxygen atoms in total. The van der Waals surface area contributed by atoms with Gasteiger partial charge in [-0.1, -0.05) is 6.42 Å². The Kier molecular flexibility index (Phi) is 3.49. The molecule has 2 N–H and O–H groups in total. The minimum Gasteiger partial charge on any atom is -0.369 e. The molecule has 1 aliphatic rings. The molecule has 1 rings (SSSR count). The number of amides is 1. The van der Waals surface area contributed by atoms with Crippen LogP contribution in [0.1, 0.15) is 19.3 Å². The first-order valence-corrected chi connectivity index (χ1v) is 4.28. The van der Waals surface area contributed by atoms with Gasteiger partial charge in [-0.15, -0.1) is 0 Å². The fourth-order valence-electron chi connectivity index (χ4n) is 1.63. The number of hydrogen-bond acceptors (Lipinski definition) is 3. The van der Waals surface area contributed by atoms with E-state index in [9.17, 15) is 4.79 Å². The normalized spacial score (nSPS) is 25.6. The minimum absolute atomic E-state index is 0.112. The molecule has 1 fully saturated rings. The molecule has 1 heterocycles. The van der Waals surface area contributed by atoms with Crippen LogP contribution in [-0.2, 0) is 9.53 Å². The van der Waals surface area contributed by atoms with Crippen LogP contribution in [-0.4, -0.2) is 37.2 Å². The Balaban J connectivity index is 2.48. The lowest BCUT2D eigenvalue weighted by Gasteiger charge is -2.32. The van der Waals surface area contributed by atoms with Crippen LogP contribution >= 0.6 is 0 Å². The highest BCUT2D eigenvalue weighted by Crippen LogP contribution is 2.15. The molecule has 0 aliphatic carbocycles. The van der Waals surface area contributed by atoms with Gasteiger partial charge in [0.1, 0.15) is 0 Å². The zero-order valence-electron chi connectivity index (χ0n) is 7.45. The van der Waals surface area contributed by atoms with Gasteiger partial charge in [0.05, 0.1) is 12.8 Å². The lowest BCUT2D eigenvalue weighted by Crippen LogP contribution is -2.48. The molecule has 0 radical (unpaired) electrons. The molecule has 0 aromatic rings. The molecule has 70 valence electrons. The van der Waals surface area contributed by atoms with Crippen molar-refractivity contribution in [2.75, 3.05) is 20.4 Å². The molecule has 1 unspecified atom stereocenters. The SMILES string of the molecule is COCN1CCCCC1C(N)=O. The number of likely N-dealkylation sites (tertiary alicyclic amines) is 1. The summed E-state index contributed by atoms with van der Waals surface area (Å²) in [5.74, 6) is -0.230. The van der Waals surface area contributed by atoms with Crippen LogP contribution in [0.3, 0.4) is 0 Å². The quantitative estimate of drug-likeness (QED) is 0.648. The summed E-state index contributed by atoms with van der Waals surface area (Å²) < 4.78 is 4.98. The van der Waals surface area contributed by atoms with Crippen molar-refractivity contribution in [2.45, 2.75) is 25.3 Å². The number of hydrogen-bond donors (Lipinski definition) is 1. The van der Waals surface area contributed by atoms with Crippen LogP contribution < -0.4 is 5.73 Å². The van der Waals surface area contributed by atoms with E-state index in [1.54, 1.807) is 7.11 Å². The van der Waals surface area contributed by atoms with Gasteiger partial charge < -0.3 is 10.5 Å². The maximum atomic E-state index is 11.0. The van der Waals surface area contributed by atoms with E-state index in [1.165, 1.54) is 0 Å². The van der Waals surface area contributed by atoms with E-state index in [0.717, 1.165) is 25.8 Å². The third-order valence-electron chi connectivity index (χ3n) is 2.24. The Labute approximate surface area is 72.7 Å². The maximum Gasteiger partial charge on any atom is 0.234 e. The van der Waals surface area contributed by atoms with Gasteiger partial charge in [-0.25, -0.2) is 0 Å². The average molecular weight is 172 g/mol. The fraction of sp³-hybridized carbons (Fsp3) is 0.875. The molecule has 0 aromatic heterocycles. The number of carbonyl (C=O) groups excluding carboxylic acids is 1. The van der Waals surface area contributed by atoms with Crippen LogP contribution in [0.25, 0.3) is 0 Å². The maximum absolute atomic E-state index is 11.0. The molecule has 1 atom stereocenters. The predicted octanol–water partition coefficient (Wildman–Crippen LogP) is -0.0699. The highest BCUT2D eigenvalue weighted by atomic mass is 16.5. The third kappa shape index (κ3) is 2.19. The predicted molar refractivity (Wildman–Crippen MR) is 45.4 cm³/mol. The first-order chi connectivity index (χ1) is 5.75. The smallest absolute Gasteiger partial charge is 0.234 e. The summed E-state index contributed by atoms with van der Waals surface area (Å²) >= 11 is 0. The summed E-state index contributed by atoms with van der Waals surface area (Å²) in [5.41, 5.74) is 5.25. The zero-order valence-corrected chi connectivity index (χ0v) is 7.45. The van der Waals surface area contributed by atoms with Crippen molar-refractivity contribution in [1.29, 1.82) is 0 Å². The number of carbonyl (C=O) groups is 1. The first-order valence-electron chi connectivity index (χ1n) is 4.28. The third-order valence-corrected chi connectivity index (χ3v) is 2.24. The zero-order chi connectivity index (χ0) is 8.97. The molecule has 12 heavy (non-hydrogen) atoms. The lowest BCUT2D eigenvalue weighted by molar-refractivity contribution is -0.126. The van der Waals surface area contributed by atoms with Crippen molar-refractivity contribution in [3.05, 3.63) is 0 Å². The number of piperidine rings is 1. The second-order valence-electron chi connectivity index (χ2n) is 3.14. The number of rotatable bonds is 3. The Morgan fingerprint density at radius 2 is 2.42 bits per heavy atom. The van der Waals surface area contributed by atoms with Gasteiger partial charge in [-0.05, 0) is 12.8 Å². The second-order valence-corrected chi connectivity index (χ2v) is 3.14. The average Bonchev–Trinajstić information content (AvgIpc) is 2.05. The summed E-state index contributed by atoms with van der Waals surface area (Å²) in [4.78, 5) is 13.0. The van der Waals surface area contributed by atoms with E-state index >= 15 is 0 Å². The van der Waals surface area contributed by atoms with Gasteiger partial charge in [0.15, 0.2) is 0 Å². The molecule has 1 saturated heterocycles. The highest BCUT2D eigenvalue weighted by Gasteiger charge is 2.26. The molecule has 4 heteroatoms. The molecule has 0 spiro atoms. The van der Waals surface area contributed by atoms with Crippen LogP contribution in [0, 0.1) is 0 Å². The summed E-state index contributed by atoms with van der Waals surface area (Å²) in [5, 5.41) is 0. The second kappa shape index (κ2) is 4.42. The van der Waals surface area contributed by atoms with Gasteiger partial charge >= 0.3 is 0 Å².